The van der Waals surface area contributed by atoms with Crippen molar-refractivity contribution in [2.75, 3.05) is 24.5 Å². The molecule has 0 spiro atoms. The first-order chi connectivity index (χ1) is 15.1. The number of rotatable bonds is 4. The summed E-state index contributed by atoms with van der Waals surface area (Å²) in [4.78, 5) is 27.1. The number of nitrogens with one attached hydrogen (secondary N) is 1. The molecule has 1 atom stereocenters. The first-order valence-corrected chi connectivity index (χ1v) is 10.4. The Kier molecular flexibility index (Phi) is 6.26. The summed E-state index contributed by atoms with van der Waals surface area (Å²) in [6.45, 7) is 3.66. The predicted octanol–water partition coefficient (Wildman–Crippen LogP) is 3.95. The van der Waals surface area contributed by atoms with Gasteiger partial charge < -0.3 is 10.2 Å². The van der Waals surface area contributed by atoms with E-state index in [9.17, 15) is 9.59 Å². The normalized spacial score (nSPS) is 15.6. The van der Waals surface area contributed by atoms with Crippen molar-refractivity contribution in [2.45, 2.75) is 13.0 Å². The Labute approximate surface area is 182 Å². The molecule has 31 heavy (non-hydrogen) atoms. The molecule has 4 rings (SSSR count). The second-order valence-corrected chi connectivity index (χ2v) is 7.58. The molecule has 1 aliphatic rings. The zero-order valence-electron chi connectivity index (χ0n) is 17.5. The Hall–Kier alpha value is -3.68. The Bertz CT molecular complexity index is 1140. The van der Waals surface area contributed by atoms with Crippen LogP contribution in [0.15, 0.2) is 78.9 Å². The molecule has 4 nitrogen and oxygen atoms in total. The minimum absolute atomic E-state index is 0.0351. The number of nitrogens with zero attached hydrogens (tertiary/aromatic N) is 1. The van der Waals surface area contributed by atoms with E-state index in [4.69, 9.17) is 0 Å². The van der Waals surface area contributed by atoms with Crippen LogP contribution in [0.5, 0.6) is 0 Å². The lowest BCUT2D eigenvalue weighted by atomic mass is 9.98. The van der Waals surface area contributed by atoms with Crippen molar-refractivity contribution in [3.05, 3.63) is 101 Å². The van der Waals surface area contributed by atoms with Gasteiger partial charge >= 0.3 is 0 Å². The van der Waals surface area contributed by atoms with E-state index in [0.29, 0.717) is 17.7 Å². The smallest absolute Gasteiger partial charge is 0.186 e. The van der Waals surface area contributed by atoms with Crippen LogP contribution in [-0.2, 0) is 0 Å². The fourth-order valence-electron chi connectivity index (χ4n) is 3.74. The van der Waals surface area contributed by atoms with Gasteiger partial charge in [-0.25, -0.2) is 0 Å². The number of Topliss-reactive ketones (excluding diaryl/α,β-unsaturated/α-hetero) is 2. The van der Waals surface area contributed by atoms with E-state index in [1.807, 2.05) is 78.9 Å². The van der Waals surface area contributed by atoms with E-state index in [1.54, 1.807) is 6.92 Å². The third kappa shape index (κ3) is 4.91. The third-order valence-electron chi connectivity index (χ3n) is 5.42. The monoisotopic (exact) mass is 408 g/mol. The van der Waals surface area contributed by atoms with Crippen LogP contribution < -0.4 is 10.2 Å². The number of hydrogen-bond donors (Lipinski definition) is 1. The molecule has 1 unspecified atom stereocenters. The molecule has 0 radical (unpaired) electrons. The number of ketones is 2. The van der Waals surface area contributed by atoms with Crippen molar-refractivity contribution >= 4 is 17.3 Å². The molecule has 1 saturated heterocycles. The Balaban J connectivity index is 1.57. The van der Waals surface area contributed by atoms with E-state index in [-0.39, 0.29) is 17.6 Å². The number of benzene rings is 3. The van der Waals surface area contributed by atoms with Crippen LogP contribution in [0.3, 0.4) is 0 Å². The molecule has 1 fully saturated rings. The molecule has 3 aromatic carbocycles. The molecular formula is C27H24N2O2. The summed E-state index contributed by atoms with van der Waals surface area (Å²) in [5, 5.41) is 3.33. The number of hydrogen-bond acceptors (Lipinski definition) is 4. The third-order valence-corrected chi connectivity index (χ3v) is 5.42. The second kappa shape index (κ2) is 9.42. The van der Waals surface area contributed by atoms with Gasteiger partial charge in [-0.15, -0.1) is 0 Å². The lowest BCUT2D eigenvalue weighted by Crippen LogP contribution is -2.55. The lowest BCUT2D eigenvalue weighted by molar-refractivity contribution is 0.0949. The summed E-state index contributed by atoms with van der Waals surface area (Å²) in [7, 11) is 0. The molecule has 0 bridgehead atoms. The standard InChI is InChI=1S/C27H24N2O2/c1-20(30)23-12-14-25(15-13-23)29-17-16-28-19-26(29)27(31)24-9-5-8-22(18-24)11-10-21-6-3-2-4-7-21/h2-9,12-15,18,26,28H,16-17,19H2,1H3. The Morgan fingerprint density at radius 1 is 0.871 bits per heavy atom. The second-order valence-electron chi connectivity index (χ2n) is 7.58. The van der Waals surface area contributed by atoms with Crippen molar-refractivity contribution in [1.29, 1.82) is 0 Å². The van der Waals surface area contributed by atoms with Crippen LogP contribution in [-0.4, -0.2) is 37.2 Å². The highest BCUT2D eigenvalue weighted by Gasteiger charge is 2.29. The molecule has 3 aromatic rings. The van der Waals surface area contributed by atoms with Gasteiger partial charge in [-0.05, 0) is 55.5 Å². The van der Waals surface area contributed by atoms with Crippen LogP contribution in [0.25, 0.3) is 0 Å². The van der Waals surface area contributed by atoms with Crippen molar-refractivity contribution in [2.24, 2.45) is 0 Å². The topological polar surface area (TPSA) is 49.4 Å². The van der Waals surface area contributed by atoms with Crippen LogP contribution in [0.2, 0.25) is 0 Å². The van der Waals surface area contributed by atoms with Gasteiger partial charge in [0.2, 0.25) is 0 Å². The highest BCUT2D eigenvalue weighted by atomic mass is 16.1. The zero-order chi connectivity index (χ0) is 21.6. The average Bonchev–Trinajstić information content (AvgIpc) is 2.83. The van der Waals surface area contributed by atoms with Gasteiger partial charge in [0.05, 0.1) is 0 Å². The van der Waals surface area contributed by atoms with Crippen molar-refractivity contribution in [3.63, 3.8) is 0 Å². The van der Waals surface area contributed by atoms with Crippen LogP contribution >= 0.6 is 0 Å². The average molecular weight is 409 g/mol. The van der Waals surface area contributed by atoms with E-state index in [1.165, 1.54) is 0 Å². The number of piperazine rings is 1. The maximum Gasteiger partial charge on any atom is 0.186 e. The molecule has 4 heteroatoms. The summed E-state index contributed by atoms with van der Waals surface area (Å²) in [6, 6.07) is 24.5. The minimum atomic E-state index is -0.311. The number of anilines is 1. The lowest BCUT2D eigenvalue weighted by Gasteiger charge is -2.37. The van der Waals surface area contributed by atoms with Crippen molar-refractivity contribution < 1.29 is 9.59 Å². The van der Waals surface area contributed by atoms with Gasteiger partial charge in [0, 0.05) is 47.6 Å². The van der Waals surface area contributed by atoms with Crippen LogP contribution in [0.4, 0.5) is 5.69 Å². The zero-order valence-corrected chi connectivity index (χ0v) is 17.5. The van der Waals surface area contributed by atoms with Crippen molar-refractivity contribution in [1.82, 2.24) is 5.32 Å². The summed E-state index contributed by atoms with van der Waals surface area (Å²) < 4.78 is 0. The fourth-order valence-corrected chi connectivity index (χ4v) is 3.74. The maximum absolute atomic E-state index is 13.4. The summed E-state index contributed by atoms with van der Waals surface area (Å²) >= 11 is 0. The molecule has 0 aromatic heterocycles. The molecule has 0 saturated carbocycles. The maximum atomic E-state index is 13.4. The van der Waals surface area contributed by atoms with Crippen molar-refractivity contribution in [3.8, 4) is 11.8 Å². The molecule has 154 valence electrons. The fraction of sp³-hybridized carbons (Fsp3) is 0.185. The first-order valence-electron chi connectivity index (χ1n) is 10.4. The van der Waals surface area contributed by atoms with Gasteiger partial charge in [-0.2, -0.15) is 0 Å². The summed E-state index contributed by atoms with van der Waals surface area (Å²) in [5.41, 5.74) is 4.03. The van der Waals surface area contributed by atoms with Gasteiger partial charge in [-0.3, -0.25) is 9.59 Å². The molecule has 0 amide bonds. The van der Waals surface area contributed by atoms with Gasteiger partial charge in [-0.1, -0.05) is 42.2 Å². The van der Waals surface area contributed by atoms with Gasteiger partial charge in [0.1, 0.15) is 6.04 Å². The molecular weight excluding hydrogens is 384 g/mol. The minimum Gasteiger partial charge on any atom is -0.359 e. The first kappa shape index (κ1) is 20.6. The largest absolute Gasteiger partial charge is 0.359 e. The van der Waals surface area contributed by atoms with Gasteiger partial charge in [0.25, 0.3) is 0 Å². The van der Waals surface area contributed by atoms with Crippen LogP contribution in [0, 0.1) is 11.8 Å². The molecule has 1 N–H and O–H groups in total. The van der Waals surface area contributed by atoms with E-state index in [2.05, 4.69) is 22.1 Å². The highest BCUT2D eigenvalue weighted by molar-refractivity contribution is 6.02. The highest BCUT2D eigenvalue weighted by Crippen LogP contribution is 2.22. The Morgan fingerprint density at radius 2 is 1.58 bits per heavy atom. The summed E-state index contributed by atoms with van der Waals surface area (Å²) in [6.07, 6.45) is 0. The molecule has 1 heterocycles. The number of carbonyl (C=O) groups is 2. The molecule has 0 aliphatic carbocycles. The van der Waals surface area contributed by atoms with E-state index < -0.39 is 0 Å². The van der Waals surface area contributed by atoms with Crippen LogP contribution in [0.1, 0.15) is 38.8 Å². The van der Waals surface area contributed by atoms with E-state index >= 15 is 0 Å². The number of carbonyl (C=O) groups excluding carboxylic acids is 2. The predicted molar refractivity (Wildman–Crippen MR) is 124 cm³/mol. The quantitative estimate of drug-likeness (QED) is 0.525. The Morgan fingerprint density at radius 3 is 2.32 bits per heavy atom. The molecule has 1 aliphatic heterocycles. The SMILES string of the molecule is CC(=O)c1ccc(N2CCNCC2C(=O)c2cccc(C#Cc3ccccc3)c2)cc1. The van der Waals surface area contributed by atoms with E-state index in [0.717, 1.165) is 29.9 Å². The summed E-state index contributed by atoms with van der Waals surface area (Å²) in [5.74, 6) is 6.40. The van der Waals surface area contributed by atoms with Gasteiger partial charge in [0.15, 0.2) is 11.6 Å².